The van der Waals surface area contributed by atoms with Crippen molar-refractivity contribution in [2.75, 3.05) is 19.3 Å². The van der Waals surface area contributed by atoms with Crippen LogP contribution in [0.15, 0.2) is 0 Å². The summed E-state index contributed by atoms with van der Waals surface area (Å²) in [5.74, 6) is 0.153. The lowest BCUT2D eigenvalue weighted by Gasteiger charge is -2.16. The monoisotopic (exact) mass is 294 g/mol. The highest BCUT2D eigenvalue weighted by atomic mass is 35.5. The molecule has 1 unspecified atom stereocenters. The third kappa shape index (κ3) is 7.49. The molecule has 0 heterocycles. The summed E-state index contributed by atoms with van der Waals surface area (Å²) in [5.41, 5.74) is 0. The molecule has 0 aromatic rings. The van der Waals surface area contributed by atoms with Crippen molar-refractivity contribution in [3.05, 3.63) is 0 Å². The van der Waals surface area contributed by atoms with E-state index in [4.69, 9.17) is 0 Å². The van der Waals surface area contributed by atoms with Gasteiger partial charge in [-0.05, 0) is 26.0 Å². The fraction of sp³-hybridized carbons (Fsp3) is 0.923. The lowest BCUT2D eigenvalue weighted by molar-refractivity contribution is -0.120. The SMILES string of the molecule is CSC(C)C(=O)NCCNC1CCCCCC1.Cl. The van der Waals surface area contributed by atoms with Crippen LogP contribution < -0.4 is 10.6 Å². The lowest BCUT2D eigenvalue weighted by atomic mass is 10.1. The molecule has 1 rings (SSSR count). The van der Waals surface area contributed by atoms with E-state index in [0.29, 0.717) is 6.04 Å². The topological polar surface area (TPSA) is 41.1 Å². The number of amides is 1. The minimum Gasteiger partial charge on any atom is -0.354 e. The van der Waals surface area contributed by atoms with E-state index in [2.05, 4.69) is 10.6 Å². The maximum absolute atomic E-state index is 11.5. The molecule has 1 amide bonds. The van der Waals surface area contributed by atoms with Gasteiger partial charge in [-0.1, -0.05) is 25.7 Å². The van der Waals surface area contributed by atoms with E-state index >= 15 is 0 Å². The van der Waals surface area contributed by atoms with Crippen molar-refractivity contribution in [2.24, 2.45) is 0 Å². The van der Waals surface area contributed by atoms with E-state index in [1.807, 2.05) is 13.2 Å². The first-order valence-corrected chi connectivity index (χ1v) is 8.06. The number of halogens is 1. The van der Waals surface area contributed by atoms with E-state index in [0.717, 1.165) is 13.1 Å². The van der Waals surface area contributed by atoms with Gasteiger partial charge in [-0.2, -0.15) is 11.8 Å². The van der Waals surface area contributed by atoms with Crippen molar-refractivity contribution < 1.29 is 4.79 Å². The molecule has 0 spiro atoms. The first kappa shape index (κ1) is 18.1. The van der Waals surface area contributed by atoms with Gasteiger partial charge in [0.15, 0.2) is 0 Å². The van der Waals surface area contributed by atoms with Gasteiger partial charge >= 0.3 is 0 Å². The van der Waals surface area contributed by atoms with Gasteiger partial charge in [-0.3, -0.25) is 4.79 Å². The highest BCUT2D eigenvalue weighted by molar-refractivity contribution is 7.99. The molecule has 0 saturated heterocycles. The predicted molar refractivity (Wildman–Crippen MR) is 82.7 cm³/mol. The highest BCUT2D eigenvalue weighted by Crippen LogP contribution is 2.16. The summed E-state index contributed by atoms with van der Waals surface area (Å²) in [4.78, 5) is 11.5. The van der Waals surface area contributed by atoms with Gasteiger partial charge in [0.1, 0.15) is 0 Å². The Morgan fingerprint density at radius 1 is 1.22 bits per heavy atom. The Hall–Kier alpha value is 0.0700. The molecule has 0 bridgehead atoms. The number of carbonyl (C=O) groups excluding carboxylic acids is 1. The molecule has 5 heteroatoms. The van der Waals surface area contributed by atoms with Gasteiger partial charge in [0, 0.05) is 19.1 Å². The number of carbonyl (C=O) groups is 1. The second kappa shape index (κ2) is 10.9. The third-order valence-electron chi connectivity index (χ3n) is 3.44. The minimum absolute atomic E-state index is 0. The summed E-state index contributed by atoms with van der Waals surface area (Å²) in [7, 11) is 0. The smallest absolute Gasteiger partial charge is 0.232 e. The molecule has 0 aromatic carbocycles. The van der Waals surface area contributed by atoms with Gasteiger partial charge < -0.3 is 10.6 Å². The Kier molecular flexibility index (Phi) is 11.0. The van der Waals surface area contributed by atoms with Crippen LogP contribution in [-0.4, -0.2) is 36.5 Å². The fourth-order valence-electron chi connectivity index (χ4n) is 2.20. The number of thioether (sulfide) groups is 1. The molecule has 0 aliphatic heterocycles. The molecule has 1 aliphatic rings. The summed E-state index contributed by atoms with van der Waals surface area (Å²) in [6.45, 7) is 3.59. The molecule has 1 fully saturated rings. The van der Waals surface area contributed by atoms with Gasteiger partial charge in [-0.25, -0.2) is 0 Å². The van der Waals surface area contributed by atoms with Gasteiger partial charge in [0.25, 0.3) is 0 Å². The summed E-state index contributed by atoms with van der Waals surface area (Å²) in [6, 6.07) is 0.673. The van der Waals surface area contributed by atoms with Crippen LogP contribution in [0.5, 0.6) is 0 Å². The molecular weight excluding hydrogens is 268 g/mol. The van der Waals surface area contributed by atoms with E-state index in [-0.39, 0.29) is 23.6 Å². The molecule has 0 radical (unpaired) electrons. The lowest BCUT2D eigenvalue weighted by Crippen LogP contribution is -2.39. The Balaban J connectivity index is 0.00000289. The van der Waals surface area contributed by atoms with Gasteiger partial charge in [0.05, 0.1) is 5.25 Å². The zero-order chi connectivity index (χ0) is 12.5. The second-order valence-electron chi connectivity index (χ2n) is 4.81. The predicted octanol–water partition coefficient (Wildman–Crippen LogP) is 2.59. The van der Waals surface area contributed by atoms with Gasteiger partial charge in [0.2, 0.25) is 5.91 Å². The summed E-state index contributed by atoms with van der Waals surface area (Å²) in [6.07, 6.45) is 10.1. The molecular formula is C13H27ClN2OS. The number of hydrogen-bond acceptors (Lipinski definition) is 3. The zero-order valence-electron chi connectivity index (χ0n) is 11.5. The van der Waals surface area contributed by atoms with Crippen LogP contribution in [-0.2, 0) is 4.79 Å². The molecule has 0 aromatic heterocycles. The van der Waals surface area contributed by atoms with Crippen molar-refractivity contribution in [3.63, 3.8) is 0 Å². The molecule has 18 heavy (non-hydrogen) atoms. The minimum atomic E-state index is 0. The van der Waals surface area contributed by atoms with Crippen LogP contribution in [0.3, 0.4) is 0 Å². The fourth-order valence-corrected chi connectivity index (χ4v) is 2.49. The molecule has 1 saturated carbocycles. The first-order valence-electron chi connectivity index (χ1n) is 6.78. The second-order valence-corrected chi connectivity index (χ2v) is 5.99. The Labute approximate surface area is 122 Å². The van der Waals surface area contributed by atoms with Crippen LogP contribution in [0.2, 0.25) is 0 Å². The summed E-state index contributed by atoms with van der Waals surface area (Å²) >= 11 is 1.59. The average molecular weight is 295 g/mol. The van der Waals surface area contributed by atoms with E-state index < -0.39 is 0 Å². The van der Waals surface area contributed by atoms with Crippen molar-refractivity contribution in [2.45, 2.75) is 56.7 Å². The Morgan fingerprint density at radius 2 is 1.83 bits per heavy atom. The zero-order valence-corrected chi connectivity index (χ0v) is 13.2. The van der Waals surface area contributed by atoms with Crippen LogP contribution in [0.1, 0.15) is 45.4 Å². The average Bonchev–Trinajstić information content (AvgIpc) is 2.61. The van der Waals surface area contributed by atoms with E-state index in [1.54, 1.807) is 11.8 Å². The quantitative estimate of drug-likeness (QED) is 0.584. The standard InChI is InChI=1S/C13H26N2OS.ClH/c1-11(17-2)13(16)15-10-9-14-12-7-5-3-4-6-8-12;/h11-12,14H,3-10H2,1-2H3,(H,15,16);1H. The Bertz CT molecular complexity index is 221. The molecule has 108 valence electrons. The molecule has 1 aliphatic carbocycles. The number of nitrogens with one attached hydrogen (secondary N) is 2. The largest absolute Gasteiger partial charge is 0.354 e. The van der Waals surface area contributed by atoms with Crippen LogP contribution in [0.25, 0.3) is 0 Å². The normalized spacial score (nSPS) is 18.6. The van der Waals surface area contributed by atoms with E-state index in [1.165, 1.54) is 38.5 Å². The molecule has 1 atom stereocenters. The van der Waals surface area contributed by atoms with Crippen LogP contribution in [0, 0.1) is 0 Å². The van der Waals surface area contributed by atoms with Gasteiger partial charge in [-0.15, -0.1) is 12.4 Å². The number of rotatable bonds is 6. The maximum Gasteiger partial charge on any atom is 0.232 e. The van der Waals surface area contributed by atoms with Crippen molar-refractivity contribution in [3.8, 4) is 0 Å². The van der Waals surface area contributed by atoms with Crippen molar-refractivity contribution >= 4 is 30.1 Å². The maximum atomic E-state index is 11.5. The van der Waals surface area contributed by atoms with E-state index in [9.17, 15) is 4.79 Å². The van der Waals surface area contributed by atoms with Crippen molar-refractivity contribution in [1.82, 2.24) is 10.6 Å². The molecule has 3 nitrogen and oxygen atoms in total. The summed E-state index contributed by atoms with van der Waals surface area (Å²) < 4.78 is 0. The summed E-state index contributed by atoms with van der Waals surface area (Å²) in [5, 5.41) is 6.58. The first-order chi connectivity index (χ1) is 8.24. The molecule has 2 N–H and O–H groups in total. The highest BCUT2D eigenvalue weighted by Gasteiger charge is 2.12. The third-order valence-corrected chi connectivity index (χ3v) is 4.36. The van der Waals surface area contributed by atoms with Crippen molar-refractivity contribution in [1.29, 1.82) is 0 Å². The number of hydrogen-bond donors (Lipinski definition) is 2. The van der Waals surface area contributed by atoms with Crippen LogP contribution in [0.4, 0.5) is 0 Å². The Morgan fingerprint density at radius 3 is 2.39 bits per heavy atom. The van der Waals surface area contributed by atoms with Crippen LogP contribution >= 0.6 is 24.2 Å².